The van der Waals surface area contributed by atoms with Gasteiger partial charge < -0.3 is 15.0 Å². The first kappa shape index (κ1) is 16.2. The number of nitrogens with zero attached hydrogens (tertiary/aromatic N) is 3. The number of methoxy groups -OCH3 is 1. The van der Waals surface area contributed by atoms with E-state index in [4.69, 9.17) is 4.74 Å². The van der Waals surface area contributed by atoms with Gasteiger partial charge in [0, 0.05) is 51.3 Å². The lowest BCUT2D eigenvalue weighted by atomic mass is 9.98. The van der Waals surface area contributed by atoms with E-state index < -0.39 is 0 Å². The minimum atomic E-state index is 0.665. The Hall–Kier alpha value is -1.20. The van der Waals surface area contributed by atoms with Crippen LogP contribution in [0.1, 0.15) is 32.3 Å². The predicted molar refractivity (Wildman–Crippen MR) is 85.4 cm³/mol. The van der Waals surface area contributed by atoms with Gasteiger partial charge in [0.05, 0.1) is 0 Å². The SMILES string of the molecule is COCC1CCN(c2ncc(CNCC(C)C)cn2)CC1. The van der Waals surface area contributed by atoms with Crippen LogP contribution in [0.25, 0.3) is 0 Å². The number of ether oxygens (including phenoxy) is 1. The van der Waals surface area contributed by atoms with Crippen LogP contribution in [-0.4, -0.2) is 43.3 Å². The van der Waals surface area contributed by atoms with Crippen LogP contribution in [0, 0.1) is 11.8 Å². The van der Waals surface area contributed by atoms with E-state index >= 15 is 0 Å². The van der Waals surface area contributed by atoms with Crippen molar-refractivity contribution in [1.82, 2.24) is 15.3 Å². The first-order valence-corrected chi connectivity index (χ1v) is 7.94. The second-order valence-corrected chi connectivity index (χ2v) is 6.30. The van der Waals surface area contributed by atoms with E-state index in [-0.39, 0.29) is 0 Å². The van der Waals surface area contributed by atoms with Gasteiger partial charge in [-0.05, 0) is 31.2 Å². The lowest BCUT2D eigenvalue weighted by Crippen LogP contribution is -2.36. The summed E-state index contributed by atoms with van der Waals surface area (Å²) in [4.78, 5) is 11.3. The standard InChI is InChI=1S/C16H28N4O/c1-13(2)8-17-9-15-10-18-16(19-11-15)20-6-4-14(5-7-20)12-21-3/h10-11,13-14,17H,4-9,12H2,1-3H3. The van der Waals surface area contributed by atoms with E-state index in [0.29, 0.717) is 11.8 Å². The van der Waals surface area contributed by atoms with E-state index in [9.17, 15) is 0 Å². The molecule has 0 aromatic carbocycles. The zero-order valence-corrected chi connectivity index (χ0v) is 13.5. The molecule has 0 spiro atoms. The van der Waals surface area contributed by atoms with Gasteiger partial charge in [-0.3, -0.25) is 0 Å². The average molecular weight is 292 g/mol. The summed E-state index contributed by atoms with van der Waals surface area (Å²) in [6.45, 7) is 9.20. The fourth-order valence-corrected chi connectivity index (χ4v) is 2.64. The van der Waals surface area contributed by atoms with Gasteiger partial charge in [0.25, 0.3) is 0 Å². The predicted octanol–water partition coefficient (Wildman–Crippen LogP) is 2.08. The Labute approximate surface area is 128 Å². The molecule has 0 radical (unpaired) electrons. The Bertz CT molecular complexity index is 399. The monoisotopic (exact) mass is 292 g/mol. The van der Waals surface area contributed by atoms with Gasteiger partial charge >= 0.3 is 0 Å². The van der Waals surface area contributed by atoms with E-state index in [2.05, 4.69) is 34.0 Å². The molecule has 1 aliphatic heterocycles. The molecule has 21 heavy (non-hydrogen) atoms. The Balaban J connectivity index is 1.79. The number of hydrogen-bond donors (Lipinski definition) is 1. The average Bonchev–Trinajstić information content (AvgIpc) is 2.49. The van der Waals surface area contributed by atoms with Gasteiger partial charge in [0.15, 0.2) is 0 Å². The summed E-state index contributed by atoms with van der Waals surface area (Å²) in [5.41, 5.74) is 1.15. The Morgan fingerprint density at radius 1 is 1.29 bits per heavy atom. The second-order valence-electron chi connectivity index (χ2n) is 6.30. The number of anilines is 1. The molecular weight excluding hydrogens is 264 g/mol. The molecule has 1 saturated heterocycles. The van der Waals surface area contributed by atoms with Crippen molar-refractivity contribution in [2.24, 2.45) is 11.8 Å². The summed E-state index contributed by atoms with van der Waals surface area (Å²) in [5, 5.41) is 3.41. The number of rotatable bonds is 7. The quantitative estimate of drug-likeness (QED) is 0.834. The van der Waals surface area contributed by atoms with Crippen LogP contribution in [0.2, 0.25) is 0 Å². The number of piperidine rings is 1. The van der Waals surface area contributed by atoms with Crippen LogP contribution in [-0.2, 0) is 11.3 Å². The van der Waals surface area contributed by atoms with Crippen LogP contribution in [0.5, 0.6) is 0 Å². The highest BCUT2D eigenvalue weighted by Crippen LogP contribution is 2.20. The molecule has 1 fully saturated rings. The van der Waals surface area contributed by atoms with E-state index in [1.165, 1.54) is 0 Å². The maximum absolute atomic E-state index is 5.24. The summed E-state index contributed by atoms with van der Waals surface area (Å²) < 4.78 is 5.24. The van der Waals surface area contributed by atoms with E-state index in [0.717, 1.165) is 57.1 Å². The van der Waals surface area contributed by atoms with Crippen molar-refractivity contribution in [3.8, 4) is 0 Å². The summed E-state index contributed by atoms with van der Waals surface area (Å²) in [7, 11) is 1.78. The molecule has 2 rings (SSSR count). The highest BCUT2D eigenvalue weighted by molar-refractivity contribution is 5.30. The van der Waals surface area contributed by atoms with Crippen molar-refractivity contribution in [3.05, 3.63) is 18.0 Å². The summed E-state index contributed by atoms with van der Waals surface area (Å²) in [6.07, 6.45) is 6.21. The highest BCUT2D eigenvalue weighted by Gasteiger charge is 2.20. The highest BCUT2D eigenvalue weighted by atomic mass is 16.5. The van der Waals surface area contributed by atoms with Crippen molar-refractivity contribution in [3.63, 3.8) is 0 Å². The van der Waals surface area contributed by atoms with Gasteiger partial charge in [-0.25, -0.2) is 9.97 Å². The van der Waals surface area contributed by atoms with Crippen molar-refractivity contribution in [1.29, 1.82) is 0 Å². The Kier molecular flexibility index (Phi) is 6.39. The lowest BCUT2D eigenvalue weighted by Gasteiger charge is -2.31. The van der Waals surface area contributed by atoms with Gasteiger partial charge in [0.2, 0.25) is 5.95 Å². The maximum atomic E-state index is 5.24. The number of nitrogens with one attached hydrogen (secondary N) is 1. The molecule has 0 saturated carbocycles. The molecule has 5 heteroatoms. The van der Waals surface area contributed by atoms with Crippen LogP contribution in [0.3, 0.4) is 0 Å². The fourth-order valence-electron chi connectivity index (χ4n) is 2.64. The lowest BCUT2D eigenvalue weighted by molar-refractivity contribution is 0.139. The minimum Gasteiger partial charge on any atom is -0.384 e. The van der Waals surface area contributed by atoms with Crippen LogP contribution >= 0.6 is 0 Å². The third-order valence-corrected chi connectivity index (χ3v) is 3.87. The molecule has 0 aliphatic carbocycles. The van der Waals surface area contributed by atoms with Crippen molar-refractivity contribution >= 4 is 5.95 Å². The minimum absolute atomic E-state index is 0.665. The summed E-state index contributed by atoms with van der Waals surface area (Å²) in [5.74, 6) is 2.21. The molecule has 2 heterocycles. The maximum Gasteiger partial charge on any atom is 0.225 e. The molecule has 0 bridgehead atoms. The molecular formula is C16H28N4O. The molecule has 5 nitrogen and oxygen atoms in total. The molecule has 0 unspecified atom stereocenters. The molecule has 0 amide bonds. The van der Waals surface area contributed by atoms with Crippen LogP contribution in [0.4, 0.5) is 5.95 Å². The van der Waals surface area contributed by atoms with Crippen molar-refractivity contribution in [2.75, 3.05) is 38.3 Å². The third-order valence-electron chi connectivity index (χ3n) is 3.87. The van der Waals surface area contributed by atoms with E-state index in [1.54, 1.807) is 7.11 Å². The zero-order chi connectivity index (χ0) is 15.1. The van der Waals surface area contributed by atoms with Crippen LogP contribution < -0.4 is 10.2 Å². The van der Waals surface area contributed by atoms with Crippen molar-refractivity contribution < 1.29 is 4.74 Å². The first-order valence-electron chi connectivity index (χ1n) is 7.94. The third kappa shape index (κ3) is 5.25. The van der Waals surface area contributed by atoms with Gasteiger partial charge in [-0.2, -0.15) is 0 Å². The molecule has 1 aliphatic rings. The largest absolute Gasteiger partial charge is 0.384 e. The van der Waals surface area contributed by atoms with Gasteiger partial charge in [-0.1, -0.05) is 13.8 Å². The molecule has 1 aromatic rings. The molecule has 0 atom stereocenters. The van der Waals surface area contributed by atoms with E-state index in [1.807, 2.05) is 12.4 Å². The summed E-state index contributed by atoms with van der Waals surface area (Å²) in [6, 6.07) is 0. The fraction of sp³-hybridized carbons (Fsp3) is 0.750. The first-order chi connectivity index (χ1) is 10.2. The molecule has 1 aromatic heterocycles. The van der Waals surface area contributed by atoms with Gasteiger partial charge in [-0.15, -0.1) is 0 Å². The van der Waals surface area contributed by atoms with Gasteiger partial charge in [0.1, 0.15) is 0 Å². The normalized spacial score (nSPS) is 16.7. The smallest absolute Gasteiger partial charge is 0.225 e. The Morgan fingerprint density at radius 2 is 1.95 bits per heavy atom. The molecule has 1 N–H and O–H groups in total. The van der Waals surface area contributed by atoms with Crippen LogP contribution in [0.15, 0.2) is 12.4 Å². The van der Waals surface area contributed by atoms with Crippen molar-refractivity contribution in [2.45, 2.75) is 33.2 Å². The molecule has 118 valence electrons. The summed E-state index contributed by atoms with van der Waals surface area (Å²) >= 11 is 0. The number of aromatic nitrogens is 2. The zero-order valence-electron chi connectivity index (χ0n) is 13.5. The Morgan fingerprint density at radius 3 is 2.52 bits per heavy atom. The topological polar surface area (TPSA) is 50.3 Å². The second kappa shape index (κ2) is 8.29. The number of hydrogen-bond acceptors (Lipinski definition) is 5.